The molecule has 3 heterocycles. The van der Waals surface area contributed by atoms with E-state index < -0.39 is 0 Å². The maximum atomic E-state index is 6.33. The van der Waals surface area contributed by atoms with Crippen LogP contribution in [0, 0.1) is 0 Å². The Balaban J connectivity index is 1.65. The van der Waals surface area contributed by atoms with E-state index in [1.807, 2.05) is 24.3 Å². The molecular weight excluding hydrogens is 386 g/mol. The predicted octanol–water partition coefficient (Wildman–Crippen LogP) is 5.46. The Morgan fingerprint density at radius 3 is 2.92 bits per heavy atom. The van der Waals surface area contributed by atoms with Crippen LogP contribution in [0.15, 0.2) is 29.4 Å². The number of aromatic nitrogens is 2. The van der Waals surface area contributed by atoms with Crippen LogP contribution >= 0.6 is 34.7 Å². The fourth-order valence-electron chi connectivity index (χ4n) is 3.13. The van der Waals surface area contributed by atoms with E-state index >= 15 is 0 Å². The van der Waals surface area contributed by atoms with Crippen molar-refractivity contribution in [1.82, 2.24) is 9.97 Å². The number of ether oxygens (including phenoxy) is 1. The van der Waals surface area contributed by atoms with Crippen LogP contribution in [-0.2, 0) is 23.5 Å². The smallest absolute Gasteiger partial charge is 0.191 e. The average molecular weight is 406 g/mol. The third-order valence-electron chi connectivity index (χ3n) is 4.91. The summed E-state index contributed by atoms with van der Waals surface area (Å²) in [5, 5.41) is 2.46. The Hall–Kier alpha value is -1.34. The van der Waals surface area contributed by atoms with Gasteiger partial charge < -0.3 is 10.5 Å². The van der Waals surface area contributed by atoms with Crippen molar-refractivity contribution in [2.75, 3.05) is 5.73 Å². The van der Waals surface area contributed by atoms with Crippen LogP contribution in [0.1, 0.15) is 36.3 Å². The summed E-state index contributed by atoms with van der Waals surface area (Å²) in [5.41, 5.74) is 8.53. The lowest BCUT2D eigenvalue weighted by Gasteiger charge is -2.33. The number of hydrogen-bond donors (Lipinski definition) is 1. The van der Waals surface area contributed by atoms with Crippen LogP contribution in [0.25, 0.3) is 10.2 Å². The largest absolute Gasteiger partial charge is 0.383 e. The number of hydrogen-bond acceptors (Lipinski definition) is 6. The number of nitrogens with zero attached hydrogens (tertiary/aromatic N) is 2. The first kappa shape index (κ1) is 18.0. The predicted molar refractivity (Wildman–Crippen MR) is 110 cm³/mol. The van der Waals surface area contributed by atoms with Crippen LogP contribution in [0.3, 0.4) is 0 Å². The van der Waals surface area contributed by atoms with Crippen molar-refractivity contribution in [3.8, 4) is 0 Å². The second-order valence-electron chi connectivity index (χ2n) is 6.72. The van der Waals surface area contributed by atoms with Gasteiger partial charge in [-0.15, -0.1) is 11.3 Å². The number of nitrogens with two attached hydrogens (primary N) is 1. The molecule has 0 spiro atoms. The number of rotatable bonds is 4. The summed E-state index contributed by atoms with van der Waals surface area (Å²) in [6.07, 6.45) is 1.83. The van der Waals surface area contributed by atoms with Gasteiger partial charge in [-0.2, -0.15) is 0 Å². The van der Waals surface area contributed by atoms with E-state index in [2.05, 4.69) is 18.8 Å². The fraction of sp³-hybridized carbons (Fsp3) is 0.368. The summed E-state index contributed by atoms with van der Waals surface area (Å²) in [6.45, 7) is 4.94. The highest BCUT2D eigenvalue weighted by atomic mass is 35.5. The highest BCUT2D eigenvalue weighted by molar-refractivity contribution is 7.98. The zero-order valence-corrected chi connectivity index (χ0v) is 17.1. The fourth-order valence-corrected chi connectivity index (χ4v) is 5.43. The maximum absolute atomic E-state index is 6.33. The van der Waals surface area contributed by atoms with E-state index in [0.717, 1.165) is 33.6 Å². The van der Waals surface area contributed by atoms with Crippen molar-refractivity contribution >= 4 is 50.7 Å². The topological polar surface area (TPSA) is 61.0 Å². The molecule has 0 fully saturated rings. The molecule has 4 rings (SSSR count). The van der Waals surface area contributed by atoms with Gasteiger partial charge in [0.2, 0.25) is 0 Å². The summed E-state index contributed by atoms with van der Waals surface area (Å²) in [7, 11) is 0. The van der Waals surface area contributed by atoms with Gasteiger partial charge in [0.05, 0.1) is 17.6 Å². The molecule has 1 unspecified atom stereocenters. The van der Waals surface area contributed by atoms with E-state index in [1.165, 1.54) is 10.4 Å². The van der Waals surface area contributed by atoms with Crippen LogP contribution in [0.2, 0.25) is 5.02 Å². The Kier molecular flexibility index (Phi) is 4.86. The van der Waals surface area contributed by atoms with Gasteiger partial charge in [-0.05, 0) is 30.5 Å². The molecule has 2 aromatic heterocycles. The molecule has 0 amide bonds. The van der Waals surface area contributed by atoms with Gasteiger partial charge in [-0.1, -0.05) is 48.5 Å². The van der Waals surface area contributed by atoms with Crippen LogP contribution in [0.4, 0.5) is 5.82 Å². The molecule has 0 saturated carbocycles. The van der Waals surface area contributed by atoms with E-state index in [1.54, 1.807) is 23.1 Å². The summed E-state index contributed by atoms with van der Waals surface area (Å²) < 4.78 is 6.06. The summed E-state index contributed by atoms with van der Waals surface area (Å²) >= 11 is 9.46. The number of nitrogen functional groups attached to an aromatic ring is 1. The molecule has 0 bridgehead atoms. The Bertz CT molecular complexity index is 975. The first-order valence-electron chi connectivity index (χ1n) is 8.57. The zero-order valence-electron chi connectivity index (χ0n) is 14.7. The monoisotopic (exact) mass is 405 g/mol. The number of benzene rings is 1. The minimum atomic E-state index is -0.134. The molecule has 1 atom stereocenters. The molecule has 4 nitrogen and oxygen atoms in total. The van der Waals surface area contributed by atoms with E-state index in [0.29, 0.717) is 23.3 Å². The van der Waals surface area contributed by atoms with Gasteiger partial charge in [-0.25, -0.2) is 9.97 Å². The van der Waals surface area contributed by atoms with Crippen molar-refractivity contribution in [2.24, 2.45) is 0 Å². The number of thiophene rings is 1. The van der Waals surface area contributed by atoms with Gasteiger partial charge in [0.15, 0.2) is 5.16 Å². The molecule has 1 aliphatic heterocycles. The minimum absolute atomic E-state index is 0.134. The quantitative estimate of drug-likeness (QED) is 0.461. The Labute approximate surface area is 166 Å². The number of thioether (sulfide) groups is 1. The molecule has 136 valence electrons. The minimum Gasteiger partial charge on any atom is -0.383 e. The number of fused-ring (bicyclic) bond motifs is 3. The normalized spacial score (nSPS) is 19.7. The highest BCUT2D eigenvalue weighted by Crippen LogP contribution is 2.41. The lowest BCUT2D eigenvalue weighted by atomic mass is 9.90. The SMILES string of the molecule is CCC1(C)Cc2c(sc3nc(SCc4ccccc4Cl)nc(N)c23)CO1. The Morgan fingerprint density at radius 1 is 1.35 bits per heavy atom. The van der Waals surface area contributed by atoms with Crippen molar-refractivity contribution in [1.29, 1.82) is 0 Å². The zero-order chi connectivity index (χ0) is 18.3. The molecule has 0 aliphatic carbocycles. The molecule has 1 aromatic carbocycles. The summed E-state index contributed by atoms with van der Waals surface area (Å²) in [4.78, 5) is 11.5. The van der Waals surface area contributed by atoms with Gasteiger partial charge >= 0.3 is 0 Å². The van der Waals surface area contributed by atoms with Crippen molar-refractivity contribution in [2.45, 2.75) is 49.8 Å². The molecule has 3 aromatic rings. The number of anilines is 1. The molecule has 0 radical (unpaired) electrons. The summed E-state index contributed by atoms with van der Waals surface area (Å²) in [6, 6.07) is 7.83. The molecule has 0 saturated heterocycles. The summed E-state index contributed by atoms with van der Waals surface area (Å²) in [5.74, 6) is 1.28. The maximum Gasteiger partial charge on any atom is 0.191 e. The van der Waals surface area contributed by atoms with Gasteiger partial charge in [-0.3, -0.25) is 0 Å². The van der Waals surface area contributed by atoms with Crippen LogP contribution in [0.5, 0.6) is 0 Å². The lowest BCUT2D eigenvalue weighted by molar-refractivity contribution is -0.0542. The third-order valence-corrected chi connectivity index (χ3v) is 7.27. The molecule has 7 heteroatoms. The van der Waals surface area contributed by atoms with Crippen molar-refractivity contribution in [3.05, 3.63) is 45.3 Å². The lowest BCUT2D eigenvalue weighted by Crippen LogP contribution is -2.33. The molecule has 1 aliphatic rings. The second-order valence-corrected chi connectivity index (χ2v) is 9.16. The van der Waals surface area contributed by atoms with Crippen molar-refractivity contribution in [3.63, 3.8) is 0 Å². The standard InChI is InChI=1S/C19H20ClN3OS2/c1-3-19(2)8-12-14(9-24-19)26-17-15(12)16(21)22-18(23-17)25-10-11-6-4-5-7-13(11)20/h4-7H,3,8-10H2,1-2H3,(H2,21,22,23). The highest BCUT2D eigenvalue weighted by Gasteiger charge is 2.32. The van der Waals surface area contributed by atoms with Gasteiger partial charge in [0, 0.05) is 22.1 Å². The van der Waals surface area contributed by atoms with Crippen LogP contribution in [-0.4, -0.2) is 15.6 Å². The number of halogens is 1. The average Bonchev–Trinajstić information content (AvgIpc) is 2.99. The molecule has 26 heavy (non-hydrogen) atoms. The van der Waals surface area contributed by atoms with Gasteiger partial charge in [0.25, 0.3) is 0 Å². The molecular formula is C19H20ClN3OS2. The van der Waals surface area contributed by atoms with E-state index in [-0.39, 0.29) is 5.60 Å². The molecule has 2 N–H and O–H groups in total. The van der Waals surface area contributed by atoms with Crippen molar-refractivity contribution < 1.29 is 4.74 Å². The van der Waals surface area contributed by atoms with E-state index in [4.69, 9.17) is 27.1 Å². The first-order valence-corrected chi connectivity index (χ1v) is 10.7. The van der Waals surface area contributed by atoms with Crippen LogP contribution < -0.4 is 5.73 Å². The Morgan fingerprint density at radius 2 is 2.15 bits per heavy atom. The third kappa shape index (κ3) is 3.31. The van der Waals surface area contributed by atoms with Gasteiger partial charge in [0.1, 0.15) is 10.6 Å². The first-order chi connectivity index (χ1) is 12.5. The van der Waals surface area contributed by atoms with E-state index in [9.17, 15) is 0 Å². The second kappa shape index (κ2) is 7.00.